The van der Waals surface area contributed by atoms with Crippen LogP contribution in [0.3, 0.4) is 0 Å². The first-order chi connectivity index (χ1) is 31.1. The third-order valence-corrected chi connectivity index (χ3v) is 12.0. The van der Waals surface area contributed by atoms with E-state index in [2.05, 4.69) is 165 Å². The van der Waals surface area contributed by atoms with Crippen LogP contribution in [0.25, 0.3) is 89.0 Å². The Labute approximate surface area is 375 Å². The molecule has 9 rings (SSSR count). The van der Waals surface area contributed by atoms with Crippen LogP contribution in [0.15, 0.2) is 200 Å². The molecule has 310 valence electrons. The lowest BCUT2D eigenvalue weighted by molar-refractivity contribution is -0.147. The SMILES string of the molecule is Cc1ccc(-c2ccc(-c3cc(-c4ccccc4)cc(-c4ccc(-c5ccc(C)cc5)cc4)c3-c3cc(-c4ccc(C)cc4)c(NC(=O)C(=O)O)c(-c4ccc(C)cc4)c3)cc2)cc1. The number of aryl methyl sites for hydroxylation is 4. The molecule has 0 heterocycles. The molecule has 9 aromatic carbocycles. The number of hydrogen-bond donors (Lipinski definition) is 2. The lowest BCUT2D eigenvalue weighted by Gasteiger charge is -2.23. The molecule has 0 atom stereocenters. The molecule has 0 radical (unpaired) electrons. The fourth-order valence-electron chi connectivity index (χ4n) is 8.39. The van der Waals surface area contributed by atoms with E-state index in [0.29, 0.717) is 16.8 Å². The number of nitrogens with one attached hydrogen (secondary N) is 1. The third kappa shape index (κ3) is 8.68. The minimum atomic E-state index is -1.56. The van der Waals surface area contributed by atoms with E-state index < -0.39 is 11.9 Å². The van der Waals surface area contributed by atoms with Crippen molar-refractivity contribution in [1.82, 2.24) is 0 Å². The van der Waals surface area contributed by atoms with E-state index in [1.54, 1.807) is 0 Å². The maximum atomic E-state index is 13.2. The highest BCUT2D eigenvalue weighted by atomic mass is 16.4. The molecule has 0 aliphatic rings. The first-order valence-corrected chi connectivity index (χ1v) is 21.5. The van der Waals surface area contributed by atoms with Crippen LogP contribution in [-0.4, -0.2) is 17.0 Å². The predicted octanol–water partition coefficient (Wildman–Crippen LogP) is 15.3. The van der Waals surface area contributed by atoms with Gasteiger partial charge in [-0.2, -0.15) is 0 Å². The summed E-state index contributed by atoms with van der Waals surface area (Å²) in [6, 6.07) is 70.3. The van der Waals surface area contributed by atoms with Crippen molar-refractivity contribution in [3.8, 4) is 89.0 Å². The lowest BCUT2D eigenvalue weighted by Crippen LogP contribution is -2.22. The van der Waals surface area contributed by atoms with E-state index in [4.69, 9.17) is 0 Å². The Balaban J connectivity index is 1.37. The van der Waals surface area contributed by atoms with E-state index in [0.717, 1.165) is 89.0 Å². The van der Waals surface area contributed by atoms with Gasteiger partial charge in [0, 0.05) is 11.1 Å². The molecule has 0 spiro atoms. The summed E-state index contributed by atoms with van der Waals surface area (Å²) in [5, 5.41) is 12.7. The Morgan fingerprint density at radius 2 is 0.609 bits per heavy atom. The van der Waals surface area contributed by atoms with Crippen molar-refractivity contribution >= 4 is 17.6 Å². The molecular formula is C60H47NO3. The molecule has 0 aliphatic heterocycles. The predicted molar refractivity (Wildman–Crippen MR) is 265 cm³/mol. The summed E-state index contributed by atoms with van der Waals surface area (Å²) in [4.78, 5) is 25.4. The number of aliphatic carboxylic acids is 1. The van der Waals surface area contributed by atoms with Gasteiger partial charge in [-0.05, 0) is 130 Å². The average Bonchev–Trinajstić information content (AvgIpc) is 3.32. The fraction of sp³-hybridized carbons (Fsp3) is 0.0667. The fourth-order valence-corrected chi connectivity index (χ4v) is 8.39. The summed E-state index contributed by atoms with van der Waals surface area (Å²) in [5.74, 6) is -2.66. The molecule has 0 aliphatic carbocycles. The van der Waals surface area contributed by atoms with Gasteiger partial charge in [0.05, 0.1) is 5.69 Å². The Bertz CT molecular complexity index is 2950. The summed E-state index contributed by atoms with van der Waals surface area (Å²) in [6.07, 6.45) is 0. The van der Waals surface area contributed by atoms with Crippen molar-refractivity contribution in [3.05, 3.63) is 222 Å². The van der Waals surface area contributed by atoms with Crippen LogP contribution in [0.1, 0.15) is 22.3 Å². The number of rotatable bonds is 9. The van der Waals surface area contributed by atoms with E-state index >= 15 is 0 Å². The van der Waals surface area contributed by atoms with Gasteiger partial charge >= 0.3 is 11.9 Å². The zero-order chi connectivity index (χ0) is 44.3. The first kappa shape index (κ1) is 41.3. The van der Waals surface area contributed by atoms with Gasteiger partial charge in [-0.1, -0.05) is 198 Å². The molecule has 4 nitrogen and oxygen atoms in total. The number of carbonyl (C=O) groups excluding carboxylic acids is 1. The molecule has 1 amide bonds. The van der Waals surface area contributed by atoms with Crippen LogP contribution in [0.2, 0.25) is 0 Å². The minimum Gasteiger partial charge on any atom is -0.474 e. The molecule has 0 bridgehead atoms. The second-order valence-electron chi connectivity index (χ2n) is 16.6. The van der Waals surface area contributed by atoms with Gasteiger partial charge in [0.25, 0.3) is 0 Å². The highest BCUT2D eigenvalue weighted by molar-refractivity contribution is 6.37. The monoisotopic (exact) mass is 829 g/mol. The van der Waals surface area contributed by atoms with Crippen LogP contribution in [-0.2, 0) is 9.59 Å². The standard InChI is InChI=1S/C60H47NO3/c1-38-10-18-43(19-11-38)45-26-30-47(31-27-45)53-34-51(42-8-6-5-7-9-42)35-54(48-32-28-46(29-33-48)44-20-12-39(2)13-21-44)57(53)52-36-55(49-22-14-40(3)15-23-49)58(61-59(62)60(63)64)56(37-52)50-24-16-41(4)17-25-50/h5-37H,1-4H3,(H,61,62)(H,63,64). The van der Waals surface area contributed by atoms with E-state index in [1.165, 1.54) is 11.1 Å². The molecule has 0 aromatic heterocycles. The maximum Gasteiger partial charge on any atom is 0.394 e. The number of benzene rings is 9. The molecule has 9 aromatic rings. The van der Waals surface area contributed by atoms with E-state index in [9.17, 15) is 14.7 Å². The van der Waals surface area contributed by atoms with Crippen LogP contribution < -0.4 is 5.32 Å². The number of carbonyl (C=O) groups is 2. The average molecular weight is 830 g/mol. The smallest absolute Gasteiger partial charge is 0.394 e. The quantitative estimate of drug-likeness (QED) is 0.142. The van der Waals surface area contributed by atoms with Gasteiger partial charge in [-0.25, -0.2) is 4.79 Å². The highest BCUT2D eigenvalue weighted by Crippen LogP contribution is 2.48. The van der Waals surface area contributed by atoms with Crippen molar-refractivity contribution < 1.29 is 14.7 Å². The van der Waals surface area contributed by atoms with Gasteiger partial charge in [0.1, 0.15) is 0 Å². The second-order valence-corrected chi connectivity index (χ2v) is 16.6. The largest absolute Gasteiger partial charge is 0.474 e. The number of hydrogen-bond acceptors (Lipinski definition) is 2. The molecule has 0 saturated heterocycles. The summed E-state index contributed by atoms with van der Waals surface area (Å²) < 4.78 is 0. The van der Waals surface area contributed by atoms with Gasteiger partial charge in [0.15, 0.2) is 0 Å². The summed E-state index contributed by atoms with van der Waals surface area (Å²) in [6.45, 7) is 8.27. The number of carboxylic acids is 1. The van der Waals surface area contributed by atoms with E-state index in [-0.39, 0.29) is 0 Å². The Morgan fingerprint density at radius 3 is 0.969 bits per heavy atom. The van der Waals surface area contributed by atoms with Crippen LogP contribution in [0, 0.1) is 27.7 Å². The van der Waals surface area contributed by atoms with Crippen LogP contribution >= 0.6 is 0 Å². The Kier molecular flexibility index (Phi) is 11.4. The Morgan fingerprint density at radius 1 is 0.328 bits per heavy atom. The summed E-state index contributed by atoms with van der Waals surface area (Å²) in [5.41, 5.74) is 20.9. The summed E-state index contributed by atoms with van der Waals surface area (Å²) >= 11 is 0. The van der Waals surface area contributed by atoms with Crippen molar-refractivity contribution in [3.63, 3.8) is 0 Å². The van der Waals surface area contributed by atoms with Crippen LogP contribution in [0.5, 0.6) is 0 Å². The van der Waals surface area contributed by atoms with Crippen molar-refractivity contribution in [2.45, 2.75) is 27.7 Å². The van der Waals surface area contributed by atoms with Gasteiger partial charge in [0.2, 0.25) is 0 Å². The van der Waals surface area contributed by atoms with Crippen molar-refractivity contribution in [1.29, 1.82) is 0 Å². The highest BCUT2D eigenvalue weighted by Gasteiger charge is 2.24. The van der Waals surface area contributed by atoms with E-state index in [1.807, 2.05) is 68.4 Å². The topological polar surface area (TPSA) is 66.4 Å². The molecule has 0 saturated carbocycles. The number of anilines is 1. The van der Waals surface area contributed by atoms with Gasteiger partial charge in [-0.3, -0.25) is 4.79 Å². The lowest BCUT2D eigenvalue weighted by atomic mass is 9.82. The Hall–Kier alpha value is -8.08. The zero-order valence-electron chi connectivity index (χ0n) is 36.3. The van der Waals surface area contributed by atoms with Gasteiger partial charge < -0.3 is 10.4 Å². The number of amides is 1. The summed E-state index contributed by atoms with van der Waals surface area (Å²) in [7, 11) is 0. The van der Waals surface area contributed by atoms with Crippen molar-refractivity contribution in [2.75, 3.05) is 5.32 Å². The maximum absolute atomic E-state index is 13.2. The molecule has 64 heavy (non-hydrogen) atoms. The molecule has 4 heteroatoms. The van der Waals surface area contributed by atoms with Crippen molar-refractivity contribution in [2.24, 2.45) is 0 Å². The third-order valence-electron chi connectivity index (χ3n) is 12.0. The van der Waals surface area contributed by atoms with Crippen LogP contribution in [0.4, 0.5) is 5.69 Å². The number of carboxylic acid groups (broad SMARTS) is 1. The molecular weight excluding hydrogens is 783 g/mol. The normalized spacial score (nSPS) is 11.0. The molecule has 0 fully saturated rings. The zero-order valence-corrected chi connectivity index (χ0v) is 36.3. The minimum absolute atomic E-state index is 0.428. The first-order valence-electron chi connectivity index (χ1n) is 21.5. The molecule has 2 N–H and O–H groups in total. The van der Waals surface area contributed by atoms with Gasteiger partial charge in [-0.15, -0.1) is 0 Å². The second kappa shape index (κ2) is 17.7. The molecule has 0 unspecified atom stereocenters.